The Kier molecular flexibility index (Phi) is 5.05. The second-order valence-electron chi connectivity index (χ2n) is 2.55. The van der Waals surface area contributed by atoms with Gasteiger partial charge in [0.25, 0.3) is 0 Å². The summed E-state index contributed by atoms with van der Waals surface area (Å²) in [6, 6.07) is 9.49. The SMILES string of the molecule is Cl.Cl.Nc1cccc(-n2cccn2)c1. The molecule has 0 bridgehead atoms. The van der Waals surface area contributed by atoms with Gasteiger partial charge in [0, 0.05) is 18.1 Å². The van der Waals surface area contributed by atoms with Crippen LogP contribution in [0.15, 0.2) is 42.7 Å². The van der Waals surface area contributed by atoms with Gasteiger partial charge in [-0.05, 0) is 24.3 Å². The Morgan fingerprint density at radius 1 is 1.14 bits per heavy atom. The zero-order valence-electron chi connectivity index (χ0n) is 7.33. The van der Waals surface area contributed by atoms with Crippen molar-refractivity contribution in [2.24, 2.45) is 0 Å². The molecule has 2 rings (SSSR count). The lowest BCUT2D eigenvalue weighted by Crippen LogP contribution is -1.94. The van der Waals surface area contributed by atoms with E-state index in [1.54, 1.807) is 10.9 Å². The summed E-state index contributed by atoms with van der Waals surface area (Å²) in [6.07, 6.45) is 3.62. The number of aromatic nitrogens is 2. The molecule has 0 aliphatic heterocycles. The first-order chi connectivity index (χ1) is 5.86. The van der Waals surface area contributed by atoms with Gasteiger partial charge in [-0.25, -0.2) is 4.68 Å². The van der Waals surface area contributed by atoms with E-state index in [1.807, 2.05) is 36.5 Å². The van der Waals surface area contributed by atoms with E-state index in [0.29, 0.717) is 0 Å². The van der Waals surface area contributed by atoms with Crippen LogP contribution in [0.4, 0.5) is 5.69 Å². The predicted octanol–water partition coefficient (Wildman–Crippen LogP) is 2.30. The highest BCUT2D eigenvalue weighted by Crippen LogP contribution is 2.09. The average molecular weight is 232 g/mol. The lowest BCUT2D eigenvalue weighted by atomic mass is 10.3. The molecule has 0 fully saturated rings. The summed E-state index contributed by atoms with van der Waals surface area (Å²) in [4.78, 5) is 0. The van der Waals surface area contributed by atoms with Crippen molar-refractivity contribution >= 4 is 30.5 Å². The Morgan fingerprint density at radius 3 is 2.50 bits per heavy atom. The molecule has 0 saturated heterocycles. The molecule has 76 valence electrons. The lowest BCUT2D eigenvalue weighted by Gasteiger charge is -2.00. The van der Waals surface area contributed by atoms with Crippen molar-refractivity contribution < 1.29 is 0 Å². The number of anilines is 1. The van der Waals surface area contributed by atoms with Crippen LogP contribution in [0.5, 0.6) is 0 Å². The second-order valence-corrected chi connectivity index (χ2v) is 2.55. The molecule has 2 aromatic rings. The number of benzene rings is 1. The predicted molar refractivity (Wildman–Crippen MR) is 62.5 cm³/mol. The summed E-state index contributed by atoms with van der Waals surface area (Å²) >= 11 is 0. The summed E-state index contributed by atoms with van der Waals surface area (Å²) in [5, 5.41) is 4.09. The third kappa shape index (κ3) is 2.65. The molecular weight excluding hydrogens is 221 g/mol. The molecule has 1 aromatic carbocycles. The van der Waals surface area contributed by atoms with Crippen molar-refractivity contribution in [3.8, 4) is 5.69 Å². The fraction of sp³-hybridized carbons (Fsp3) is 0. The topological polar surface area (TPSA) is 43.8 Å². The van der Waals surface area contributed by atoms with E-state index >= 15 is 0 Å². The molecule has 2 N–H and O–H groups in total. The maximum atomic E-state index is 5.62. The van der Waals surface area contributed by atoms with Gasteiger partial charge in [0.1, 0.15) is 0 Å². The maximum Gasteiger partial charge on any atom is 0.0666 e. The third-order valence-corrected chi connectivity index (χ3v) is 1.64. The summed E-state index contributed by atoms with van der Waals surface area (Å²) in [5.41, 5.74) is 7.36. The summed E-state index contributed by atoms with van der Waals surface area (Å²) in [7, 11) is 0. The number of rotatable bonds is 1. The van der Waals surface area contributed by atoms with Crippen LogP contribution in [0, 0.1) is 0 Å². The van der Waals surface area contributed by atoms with Crippen LogP contribution in [0.3, 0.4) is 0 Å². The minimum Gasteiger partial charge on any atom is -0.399 e. The molecule has 0 saturated carbocycles. The first-order valence-corrected chi connectivity index (χ1v) is 3.72. The standard InChI is InChI=1S/C9H9N3.2ClH/c10-8-3-1-4-9(7-8)12-6-2-5-11-12;;/h1-7H,10H2;2*1H. The van der Waals surface area contributed by atoms with Crippen molar-refractivity contribution in [3.63, 3.8) is 0 Å². The van der Waals surface area contributed by atoms with Crippen molar-refractivity contribution in [1.29, 1.82) is 0 Å². The van der Waals surface area contributed by atoms with E-state index < -0.39 is 0 Å². The molecule has 1 heterocycles. The Balaban J connectivity index is 0.000000845. The molecule has 0 unspecified atom stereocenters. The van der Waals surface area contributed by atoms with E-state index in [9.17, 15) is 0 Å². The van der Waals surface area contributed by atoms with Crippen LogP contribution < -0.4 is 5.73 Å². The van der Waals surface area contributed by atoms with Crippen molar-refractivity contribution in [2.75, 3.05) is 5.73 Å². The van der Waals surface area contributed by atoms with Crippen LogP contribution in [0.1, 0.15) is 0 Å². The number of hydrogen-bond donors (Lipinski definition) is 1. The largest absolute Gasteiger partial charge is 0.399 e. The molecule has 0 amide bonds. The Bertz CT molecular complexity index is 373. The van der Waals surface area contributed by atoms with E-state index in [1.165, 1.54) is 0 Å². The number of hydrogen-bond acceptors (Lipinski definition) is 2. The van der Waals surface area contributed by atoms with Crippen molar-refractivity contribution in [2.45, 2.75) is 0 Å². The van der Waals surface area contributed by atoms with Crippen molar-refractivity contribution in [1.82, 2.24) is 9.78 Å². The van der Waals surface area contributed by atoms with Gasteiger partial charge in [-0.2, -0.15) is 5.10 Å². The van der Waals surface area contributed by atoms with Crippen molar-refractivity contribution in [3.05, 3.63) is 42.7 Å². The van der Waals surface area contributed by atoms with E-state index in [0.717, 1.165) is 11.4 Å². The summed E-state index contributed by atoms with van der Waals surface area (Å²) in [6.45, 7) is 0. The minimum absolute atomic E-state index is 0. The number of nitrogens with two attached hydrogens (primary N) is 1. The summed E-state index contributed by atoms with van der Waals surface area (Å²) < 4.78 is 1.77. The van der Waals surface area contributed by atoms with Crippen LogP contribution in [0.25, 0.3) is 5.69 Å². The average Bonchev–Trinajstić information content (AvgIpc) is 2.56. The van der Waals surface area contributed by atoms with E-state index in [4.69, 9.17) is 5.73 Å². The summed E-state index contributed by atoms with van der Waals surface area (Å²) in [5.74, 6) is 0. The Hall–Kier alpha value is -1.19. The lowest BCUT2D eigenvalue weighted by molar-refractivity contribution is 0.881. The number of nitrogens with zero attached hydrogens (tertiary/aromatic N) is 2. The minimum atomic E-state index is 0. The highest BCUT2D eigenvalue weighted by molar-refractivity contribution is 5.85. The molecule has 0 atom stereocenters. The normalized spacial score (nSPS) is 8.57. The molecule has 5 heteroatoms. The quantitative estimate of drug-likeness (QED) is 0.766. The zero-order valence-corrected chi connectivity index (χ0v) is 8.96. The first-order valence-electron chi connectivity index (χ1n) is 3.72. The van der Waals surface area contributed by atoms with Crippen LogP contribution in [-0.4, -0.2) is 9.78 Å². The fourth-order valence-electron chi connectivity index (χ4n) is 1.09. The molecule has 14 heavy (non-hydrogen) atoms. The molecule has 3 nitrogen and oxygen atoms in total. The maximum absolute atomic E-state index is 5.62. The molecular formula is C9H11Cl2N3. The smallest absolute Gasteiger partial charge is 0.0666 e. The van der Waals surface area contributed by atoms with Gasteiger partial charge in [-0.3, -0.25) is 0 Å². The van der Waals surface area contributed by atoms with Crippen LogP contribution in [-0.2, 0) is 0 Å². The van der Waals surface area contributed by atoms with Gasteiger partial charge < -0.3 is 5.73 Å². The number of halogens is 2. The van der Waals surface area contributed by atoms with E-state index in [2.05, 4.69) is 5.10 Å². The molecule has 0 radical (unpaired) electrons. The molecule has 0 aliphatic rings. The van der Waals surface area contributed by atoms with Gasteiger partial charge >= 0.3 is 0 Å². The highest BCUT2D eigenvalue weighted by Gasteiger charge is 1.94. The highest BCUT2D eigenvalue weighted by atomic mass is 35.5. The third-order valence-electron chi connectivity index (χ3n) is 1.64. The monoisotopic (exact) mass is 231 g/mol. The first kappa shape index (κ1) is 12.8. The van der Waals surface area contributed by atoms with Crippen LogP contribution >= 0.6 is 24.8 Å². The van der Waals surface area contributed by atoms with Gasteiger partial charge in [0.05, 0.1) is 5.69 Å². The number of nitrogen functional groups attached to an aromatic ring is 1. The van der Waals surface area contributed by atoms with Gasteiger partial charge in [0.15, 0.2) is 0 Å². The van der Waals surface area contributed by atoms with E-state index in [-0.39, 0.29) is 24.8 Å². The van der Waals surface area contributed by atoms with Crippen LogP contribution in [0.2, 0.25) is 0 Å². The van der Waals surface area contributed by atoms with Gasteiger partial charge in [-0.1, -0.05) is 6.07 Å². The fourth-order valence-corrected chi connectivity index (χ4v) is 1.09. The molecule has 1 aromatic heterocycles. The Morgan fingerprint density at radius 2 is 1.93 bits per heavy atom. The van der Waals surface area contributed by atoms with Gasteiger partial charge in [0.2, 0.25) is 0 Å². The molecule has 0 spiro atoms. The van der Waals surface area contributed by atoms with Gasteiger partial charge in [-0.15, -0.1) is 24.8 Å². The Labute approximate surface area is 94.7 Å². The zero-order chi connectivity index (χ0) is 8.39. The second kappa shape index (κ2) is 5.52. The molecule has 0 aliphatic carbocycles.